The number of aryl methyl sites for hydroxylation is 1. The Morgan fingerprint density at radius 2 is 1.93 bits per heavy atom. The molecule has 0 atom stereocenters. The lowest BCUT2D eigenvalue weighted by molar-refractivity contribution is 0.0730. The van der Waals surface area contributed by atoms with E-state index in [2.05, 4.69) is 5.32 Å². The van der Waals surface area contributed by atoms with Gasteiger partial charge in [-0.25, -0.2) is 8.42 Å². The van der Waals surface area contributed by atoms with Crippen LogP contribution in [-0.2, 0) is 26.1 Å². The second-order valence-electron chi connectivity index (χ2n) is 6.58. The number of amides is 1. The van der Waals surface area contributed by atoms with Gasteiger partial charge in [0.1, 0.15) is 0 Å². The number of nitrogens with one attached hydrogen (secondary N) is 1. The van der Waals surface area contributed by atoms with Gasteiger partial charge in [-0.2, -0.15) is 4.31 Å². The number of carbonyl (C=O) groups excluding carboxylic acids is 1. The standard InChI is InChI=1S/C20H24N2O5S/c1-15-6-7-17(13-19(15)28(24,25)22-8-10-27-11-9-22)20(23)21-18-5-3-4-16(12-18)14-26-2/h3-7,12-13H,8-11,14H2,1-2H3,(H,21,23). The minimum atomic E-state index is -3.68. The molecule has 1 N–H and O–H groups in total. The smallest absolute Gasteiger partial charge is 0.255 e. The summed E-state index contributed by atoms with van der Waals surface area (Å²) < 4.78 is 37.7. The molecule has 2 aromatic rings. The zero-order chi connectivity index (χ0) is 20.1. The Balaban J connectivity index is 1.84. The summed E-state index contributed by atoms with van der Waals surface area (Å²) in [5, 5.41) is 2.81. The monoisotopic (exact) mass is 404 g/mol. The van der Waals surface area contributed by atoms with Gasteiger partial charge in [0.05, 0.1) is 24.7 Å². The maximum atomic E-state index is 13.0. The van der Waals surface area contributed by atoms with Crippen molar-refractivity contribution in [3.8, 4) is 0 Å². The Morgan fingerprint density at radius 3 is 2.64 bits per heavy atom. The van der Waals surface area contributed by atoms with Crippen LogP contribution in [-0.4, -0.2) is 52.0 Å². The number of nitrogens with zero attached hydrogens (tertiary/aromatic N) is 1. The topological polar surface area (TPSA) is 84.9 Å². The van der Waals surface area contributed by atoms with E-state index in [0.29, 0.717) is 44.2 Å². The molecule has 0 saturated carbocycles. The highest BCUT2D eigenvalue weighted by atomic mass is 32.2. The number of benzene rings is 2. The second kappa shape index (κ2) is 8.83. The highest BCUT2D eigenvalue weighted by Gasteiger charge is 2.28. The number of methoxy groups -OCH3 is 1. The minimum Gasteiger partial charge on any atom is -0.380 e. The molecule has 7 nitrogen and oxygen atoms in total. The first-order valence-corrected chi connectivity index (χ1v) is 10.4. The number of carbonyl (C=O) groups is 1. The predicted octanol–water partition coefficient (Wildman–Crippen LogP) is 2.41. The van der Waals surface area contributed by atoms with Crippen LogP contribution in [0.2, 0.25) is 0 Å². The predicted molar refractivity (Wildman–Crippen MR) is 106 cm³/mol. The Bertz CT molecular complexity index is 953. The van der Waals surface area contributed by atoms with Gasteiger partial charge in [0, 0.05) is 31.5 Å². The third kappa shape index (κ3) is 4.59. The van der Waals surface area contributed by atoms with E-state index >= 15 is 0 Å². The van der Waals surface area contributed by atoms with Crippen molar-refractivity contribution in [2.45, 2.75) is 18.4 Å². The van der Waals surface area contributed by atoms with Gasteiger partial charge in [-0.3, -0.25) is 4.79 Å². The van der Waals surface area contributed by atoms with Gasteiger partial charge >= 0.3 is 0 Å². The van der Waals surface area contributed by atoms with Gasteiger partial charge in [0.2, 0.25) is 10.0 Å². The fourth-order valence-corrected chi connectivity index (χ4v) is 4.71. The van der Waals surface area contributed by atoms with Crippen molar-refractivity contribution in [3.05, 3.63) is 59.2 Å². The number of hydrogen-bond donors (Lipinski definition) is 1. The molecule has 1 aliphatic rings. The number of rotatable bonds is 6. The summed E-state index contributed by atoms with van der Waals surface area (Å²) in [5.41, 5.74) is 2.44. The summed E-state index contributed by atoms with van der Waals surface area (Å²) in [7, 11) is -2.07. The molecule has 28 heavy (non-hydrogen) atoms. The summed E-state index contributed by atoms with van der Waals surface area (Å²) in [6.45, 7) is 3.53. The van der Waals surface area contributed by atoms with Crippen LogP contribution in [0.15, 0.2) is 47.4 Å². The van der Waals surface area contributed by atoms with Gasteiger partial charge in [-0.15, -0.1) is 0 Å². The van der Waals surface area contributed by atoms with Crippen molar-refractivity contribution in [2.24, 2.45) is 0 Å². The van der Waals surface area contributed by atoms with Crippen molar-refractivity contribution < 1.29 is 22.7 Å². The molecule has 0 unspecified atom stereocenters. The molecule has 1 aliphatic heterocycles. The van der Waals surface area contributed by atoms with Crippen molar-refractivity contribution in [3.63, 3.8) is 0 Å². The van der Waals surface area contributed by atoms with Crippen LogP contribution < -0.4 is 5.32 Å². The van der Waals surface area contributed by atoms with E-state index in [1.807, 2.05) is 18.2 Å². The molecule has 1 saturated heterocycles. The summed E-state index contributed by atoms with van der Waals surface area (Å²) in [6.07, 6.45) is 0. The van der Waals surface area contributed by atoms with E-state index in [9.17, 15) is 13.2 Å². The van der Waals surface area contributed by atoms with Gasteiger partial charge in [0.25, 0.3) is 5.91 Å². The van der Waals surface area contributed by atoms with E-state index in [1.165, 1.54) is 10.4 Å². The van der Waals surface area contributed by atoms with Gasteiger partial charge in [-0.1, -0.05) is 18.2 Å². The Kier molecular flexibility index (Phi) is 6.46. The Hall–Kier alpha value is -2.26. The third-order valence-electron chi connectivity index (χ3n) is 4.53. The zero-order valence-electron chi connectivity index (χ0n) is 16.0. The summed E-state index contributed by atoms with van der Waals surface area (Å²) >= 11 is 0. The lowest BCUT2D eigenvalue weighted by atomic mass is 10.1. The molecule has 8 heteroatoms. The highest BCUT2D eigenvalue weighted by molar-refractivity contribution is 7.89. The normalized spacial score (nSPS) is 15.4. The molecule has 1 amide bonds. The summed E-state index contributed by atoms with van der Waals surface area (Å²) in [6, 6.07) is 12.0. The molecule has 0 spiro atoms. The van der Waals surface area contributed by atoms with E-state index in [1.54, 1.807) is 32.2 Å². The molecule has 1 fully saturated rings. The lowest BCUT2D eigenvalue weighted by Crippen LogP contribution is -2.40. The third-order valence-corrected chi connectivity index (χ3v) is 6.57. The molecule has 1 heterocycles. The average molecular weight is 404 g/mol. The largest absolute Gasteiger partial charge is 0.380 e. The maximum absolute atomic E-state index is 13.0. The minimum absolute atomic E-state index is 0.148. The molecule has 0 bridgehead atoms. The second-order valence-corrected chi connectivity index (χ2v) is 8.49. The van der Waals surface area contributed by atoms with Gasteiger partial charge in [-0.05, 0) is 42.3 Å². The number of sulfonamides is 1. The van der Waals surface area contributed by atoms with E-state index in [4.69, 9.17) is 9.47 Å². The Morgan fingerprint density at radius 1 is 1.18 bits per heavy atom. The highest BCUT2D eigenvalue weighted by Crippen LogP contribution is 2.23. The van der Waals surface area contributed by atoms with Crippen LogP contribution in [0, 0.1) is 6.92 Å². The van der Waals surface area contributed by atoms with E-state index < -0.39 is 10.0 Å². The van der Waals surface area contributed by atoms with Crippen LogP contribution in [0.1, 0.15) is 21.5 Å². The van der Waals surface area contributed by atoms with Crippen molar-refractivity contribution in [1.82, 2.24) is 4.31 Å². The number of ether oxygens (including phenoxy) is 2. The SMILES string of the molecule is COCc1cccc(NC(=O)c2ccc(C)c(S(=O)(=O)N3CCOCC3)c2)c1. The van der Waals surface area contributed by atoms with Crippen molar-refractivity contribution in [1.29, 1.82) is 0 Å². The molecule has 3 rings (SSSR count). The molecule has 2 aromatic carbocycles. The zero-order valence-corrected chi connectivity index (χ0v) is 16.8. The van der Waals surface area contributed by atoms with Crippen molar-refractivity contribution in [2.75, 3.05) is 38.7 Å². The number of hydrogen-bond acceptors (Lipinski definition) is 5. The molecule has 0 aliphatic carbocycles. The van der Waals surface area contributed by atoms with Crippen LogP contribution >= 0.6 is 0 Å². The van der Waals surface area contributed by atoms with E-state index in [-0.39, 0.29) is 16.4 Å². The molecule has 0 aromatic heterocycles. The first-order valence-electron chi connectivity index (χ1n) is 8.99. The Labute approximate surface area is 165 Å². The quantitative estimate of drug-likeness (QED) is 0.799. The molecule has 0 radical (unpaired) electrons. The lowest BCUT2D eigenvalue weighted by Gasteiger charge is -2.26. The van der Waals surface area contributed by atoms with Crippen LogP contribution in [0.25, 0.3) is 0 Å². The molecular formula is C20H24N2O5S. The van der Waals surface area contributed by atoms with Gasteiger partial charge < -0.3 is 14.8 Å². The van der Waals surface area contributed by atoms with E-state index in [0.717, 1.165) is 5.56 Å². The van der Waals surface area contributed by atoms with Crippen molar-refractivity contribution >= 4 is 21.6 Å². The fourth-order valence-electron chi connectivity index (χ4n) is 3.05. The maximum Gasteiger partial charge on any atom is 0.255 e. The first kappa shape index (κ1) is 20.5. The molecular weight excluding hydrogens is 380 g/mol. The van der Waals surface area contributed by atoms with Crippen LogP contribution in [0.4, 0.5) is 5.69 Å². The number of anilines is 1. The first-order chi connectivity index (χ1) is 13.4. The summed E-state index contributed by atoms with van der Waals surface area (Å²) in [5.74, 6) is -0.368. The van der Waals surface area contributed by atoms with Crippen LogP contribution in [0.5, 0.6) is 0 Å². The molecule has 150 valence electrons. The average Bonchev–Trinajstić information content (AvgIpc) is 2.69. The van der Waals surface area contributed by atoms with Crippen LogP contribution in [0.3, 0.4) is 0 Å². The fraction of sp³-hybridized carbons (Fsp3) is 0.350. The summed E-state index contributed by atoms with van der Waals surface area (Å²) in [4.78, 5) is 12.8. The number of morpholine rings is 1. The van der Waals surface area contributed by atoms with Gasteiger partial charge in [0.15, 0.2) is 0 Å².